The van der Waals surface area contributed by atoms with Gasteiger partial charge in [-0.25, -0.2) is 14.6 Å². The van der Waals surface area contributed by atoms with Gasteiger partial charge in [-0.3, -0.25) is 14.3 Å². The molecule has 4 rings (SSSR count). The first-order chi connectivity index (χ1) is 16.9. The Morgan fingerprint density at radius 3 is 2.23 bits per heavy atom. The number of carbonyl (C=O) groups is 1. The van der Waals surface area contributed by atoms with Crippen LogP contribution >= 0.6 is 0 Å². The lowest BCUT2D eigenvalue weighted by atomic mass is 10.0. The van der Waals surface area contributed by atoms with E-state index in [0.29, 0.717) is 35.6 Å². The maximum absolute atomic E-state index is 12.7. The van der Waals surface area contributed by atoms with Gasteiger partial charge in [-0.1, -0.05) is 44.5 Å². The second-order valence-corrected chi connectivity index (χ2v) is 8.32. The number of esters is 1. The Bertz CT molecular complexity index is 1450. The summed E-state index contributed by atoms with van der Waals surface area (Å²) in [7, 11) is 0. The molecule has 0 fully saturated rings. The van der Waals surface area contributed by atoms with Crippen LogP contribution in [-0.2, 0) is 24.4 Å². The summed E-state index contributed by atoms with van der Waals surface area (Å²) in [6, 6.07) is 13.8. The number of benzene rings is 2. The number of ether oxygens (including phenoxy) is 1. The van der Waals surface area contributed by atoms with Crippen molar-refractivity contribution in [1.82, 2.24) is 19.1 Å². The predicted octanol–water partition coefficient (Wildman–Crippen LogP) is 3.83. The third-order valence-electron chi connectivity index (χ3n) is 5.80. The highest BCUT2D eigenvalue weighted by molar-refractivity contribution is 5.90. The Balaban J connectivity index is 1.58. The number of carbonyl (C=O) groups excluding carboxylic acids is 1. The lowest BCUT2D eigenvalue weighted by molar-refractivity contribution is 0.0458. The van der Waals surface area contributed by atoms with E-state index in [0.717, 1.165) is 30.4 Å². The molecule has 2 aromatic carbocycles. The summed E-state index contributed by atoms with van der Waals surface area (Å²) in [6.45, 7) is 4.80. The van der Waals surface area contributed by atoms with Crippen molar-refractivity contribution in [3.63, 3.8) is 0 Å². The fraction of sp³-hybridized carbons (Fsp3) is 0.308. The van der Waals surface area contributed by atoms with Crippen molar-refractivity contribution in [2.24, 2.45) is 0 Å². The van der Waals surface area contributed by atoms with Gasteiger partial charge in [0.25, 0.3) is 5.56 Å². The average molecular weight is 477 g/mol. The van der Waals surface area contributed by atoms with Crippen molar-refractivity contribution in [2.45, 2.75) is 52.8 Å². The average Bonchev–Trinajstić information content (AvgIpc) is 3.22. The van der Waals surface area contributed by atoms with Gasteiger partial charge in [0.05, 0.1) is 5.56 Å². The van der Waals surface area contributed by atoms with E-state index < -0.39 is 17.2 Å². The molecule has 0 radical (unpaired) electrons. The normalized spacial score (nSPS) is 11.1. The van der Waals surface area contributed by atoms with Crippen LogP contribution in [0.4, 0.5) is 0 Å². The van der Waals surface area contributed by atoms with Gasteiger partial charge in [0.15, 0.2) is 11.2 Å². The maximum atomic E-state index is 12.7. The van der Waals surface area contributed by atoms with E-state index in [9.17, 15) is 19.5 Å². The molecule has 2 N–H and O–H groups in total. The summed E-state index contributed by atoms with van der Waals surface area (Å²) in [5.41, 5.74) is 1.82. The molecule has 0 saturated heterocycles. The topological polar surface area (TPSA) is 119 Å². The lowest BCUT2D eigenvalue weighted by Crippen LogP contribution is -2.31. The van der Waals surface area contributed by atoms with E-state index in [-0.39, 0.29) is 12.4 Å². The van der Waals surface area contributed by atoms with E-state index in [1.165, 1.54) is 4.57 Å². The minimum Gasteiger partial charge on any atom is -0.508 e. The molecule has 9 nitrogen and oxygen atoms in total. The molecule has 0 aliphatic rings. The molecule has 0 unspecified atom stereocenters. The van der Waals surface area contributed by atoms with Gasteiger partial charge in [-0.15, -0.1) is 0 Å². The van der Waals surface area contributed by atoms with Gasteiger partial charge in [0.2, 0.25) is 0 Å². The van der Waals surface area contributed by atoms with Crippen molar-refractivity contribution in [3.8, 4) is 16.9 Å². The molecule has 2 aromatic heterocycles. The number of H-pyrrole nitrogens is 1. The van der Waals surface area contributed by atoms with E-state index in [2.05, 4.69) is 9.97 Å². The first-order valence-corrected chi connectivity index (χ1v) is 11.7. The number of phenolic OH excluding ortho intramolecular Hbond substituents is 1. The summed E-state index contributed by atoms with van der Waals surface area (Å²) < 4.78 is 8.72. The third-order valence-corrected chi connectivity index (χ3v) is 5.80. The van der Waals surface area contributed by atoms with Crippen LogP contribution in [0.15, 0.2) is 58.1 Å². The summed E-state index contributed by atoms with van der Waals surface area (Å²) in [6.07, 6.45) is 2.39. The molecule has 9 heteroatoms. The van der Waals surface area contributed by atoms with Crippen LogP contribution in [0.5, 0.6) is 5.75 Å². The number of hydrogen-bond donors (Lipinski definition) is 2. The highest BCUT2D eigenvalue weighted by Crippen LogP contribution is 2.22. The van der Waals surface area contributed by atoms with Crippen molar-refractivity contribution in [3.05, 3.63) is 80.8 Å². The molecule has 0 saturated carbocycles. The number of aromatic hydroxyl groups is 1. The summed E-state index contributed by atoms with van der Waals surface area (Å²) in [5, 5.41) is 9.45. The molecule has 0 atom stereocenters. The quantitative estimate of drug-likeness (QED) is 0.355. The Labute approximate surface area is 201 Å². The van der Waals surface area contributed by atoms with E-state index in [1.807, 2.05) is 13.8 Å². The number of unbranched alkanes of at least 4 members (excludes halogenated alkanes) is 1. The summed E-state index contributed by atoms with van der Waals surface area (Å²) >= 11 is 0. The second kappa shape index (κ2) is 10.4. The van der Waals surface area contributed by atoms with Gasteiger partial charge in [-0.05, 0) is 48.2 Å². The zero-order chi connectivity index (χ0) is 24.9. The van der Waals surface area contributed by atoms with Crippen LogP contribution in [-0.4, -0.2) is 30.2 Å². The first-order valence-electron chi connectivity index (χ1n) is 11.7. The number of nitrogens with one attached hydrogen (secondary N) is 1. The van der Waals surface area contributed by atoms with Crippen LogP contribution in [0.1, 0.15) is 49.3 Å². The third kappa shape index (κ3) is 5.03. The van der Waals surface area contributed by atoms with Gasteiger partial charge >= 0.3 is 11.7 Å². The molecule has 0 aliphatic heterocycles. The fourth-order valence-electron chi connectivity index (χ4n) is 3.98. The zero-order valence-corrected chi connectivity index (χ0v) is 19.8. The molecule has 0 amide bonds. The van der Waals surface area contributed by atoms with Crippen LogP contribution in [0.25, 0.3) is 22.3 Å². The number of aromatic amines is 1. The predicted molar refractivity (Wildman–Crippen MR) is 132 cm³/mol. The van der Waals surface area contributed by atoms with Crippen molar-refractivity contribution in [1.29, 1.82) is 0 Å². The Morgan fingerprint density at radius 2 is 1.60 bits per heavy atom. The Morgan fingerprint density at radius 1 is 0.943 bits per heavy atom. The number of phenols is 1. The molecule has 4 aromatic rings. The van der Waals surface area contributed by atoms with Gasteiger partial charge in [0, 0.05) is 13.1 Å². The van der Waals surface area contributed by atoms with Crippen molar-refractivity contribution in [2.75, 3.05) is 0 Å². The van der Waals surface area contributed by atoms with Gasteiger partial charge in [-0.2, -0.15) is 0 Å². The number of aryl methyl sites for hydroxylation is 2. The Hall–Kier alpha value is -4.14. The van der Waals surface area contributed by atoms with E-state index in [1.54, 1.807) is 53.1 Å². The zero-order valence-electron chi connectivity index (χ0n) is 19.8. The number of fused-ring (bicyclic) bond motifs is 1. The molecule has 0 bridgehead atoms. The van der Waals surface area contributed by atoms with Crippen LogP contribution in [0.2, 0.25) is 0 Å². The molecule has 182 valence electrons. The summed E-state index contributed by atoms with van der Waals surface area (Å²) in [5.74, 6) is 0.0827. The monoisotopic (exact) mass is 476 g/mol. The summed E-state index contributed by atoms with van der Waals surface area (Å²) in [4.78, 5) is 44.6. The molecular formula is C26H28N4O5. The van der Waals surface area contributed by atoms with E-state index >= 15 is 0 Å². The van der Waals surface area contributed by atoms with E-state index in [4.69, 9.17) is 4.74 Å². The number of hydrogen-bond acceptors (Lipinski definition) is 6. The largest absolute Gasteiger partial charge is 0.508 e. The second-order valence-electron chi connectivity index (χ2n) is 8.32. The first kappa shape index (κ1) is 24.0. The standard InChI is InChI=1S/C26H28N4O5/c1-3-5-15-30-23-22(24(32)28-26(30)34)29(14-4-2)21(27-23)16-35-25(33)19-8-6-17(7-9-19)18-10-12-20(31)13-11-18/h6-13,31H,3-5,14-16H2,1-2H3,(H,28,32,34). The maximum Gasteiger partial charge on any atom is 0.338 e. The Kier molecular flexibility index (Phi) is 7.14. The van der Waals surface area contributed by atoms with Crippen LogP contribution < -0.4 is 11.2 Å². The van der Waals surface area contributed by atoms with Crippen LogP contribution in [0.3, 0.4) is 0 Å². The molecule has 2 heterocycles. The lowest BCUT2D eigenvalue weighted by Gasteiger charge is -2.09. The van der Waals surface area contributed by atoms with Crippen LogP contribution in [0, 0.1) is 0 Å². The molecule has 35 heavy (non-hydrogen) atoms. The minimum absolute atomic E-state index is 0.130. The minimum atomic E-state index is -0.519. The number of rotatable bonds is 9. The van der Waals surface area contributed by atoms with Crippen molar-refractivity contribution < 1.29 is 14.6 Å². The number of aromatic nitrogens is 4. The van der Waals surface area contributed by atoms with Gasteiger partial charge < -0.3 is 14.4 Å². The molecular weight excluding hydrogens is 448 g/mol. The highest BCUT2D eigenvalue weighted by atomic mass is 16.5. The molecule has 0 aliphatic carbocycles. The SMILES string of the molecule is CCCCn1c(=O)[nH]c(=O)c2c1nc(COC(=O)c1ccc(-c3ccc(O)cc3)cc1)n2CCC. The van der Waals surface area contributed by atoms with Crippen molar-refractivity contribution >= 4 is 17.1 Å². The fourth-order valence-corrected chi connectivity index (χ4v) is 3.98. The smallest absolute Gasteiger partial charge is 0.338 e. The number of nitrogens with zero attached hydrogens (tertiary/aromatic N) is 3. The van der Waals surface area contributed by atoms with Gasteiger partial charge in [0.1, 0.15) is 18.2 Å². The molecule has 0 spiro atoms. The highest BCUT2D eigenvalue weighted by Gasteiger charge is 2.19. The number of imidazole rings is 1.